The van der Waals surface area contributed by atoms with Gasteiger partial charge in [-0.3, -0.25) is 4.74 Å². The Morgan fingerprint density at radius 1 is 0.574 bits per heavy atom. The van der Waals surface area contributed by atoms with Gasteiger partial charge in [0.05, 0.1) is 9.12 Å². The zero-order valence-electron chi connectivity index (χ0n) is 50.7. The molecule has 0 heterocycles. The summed E-state index contributed by atoms with van der Waals surface area (Å²) in [5, 5.41) is 0. The summed E-state index contributed by atoms with van der Waals surface area (Å²) < 4.78 is 366. The lowest BCUT2D eigenvalue weighted by Gasteiger charge is -2.58. The summed E-state index contributed by atoms with van der Waals surface area (Å²) in [4.78, 5) is 0. The Hall–Kier alpha value is -3.81. The molecule has 2 radical (unpaired) electrons. The van der Waals surface area contributed by atoms with Gasteiger partial charge < -0.3 is 23.7 Å². The van der Waals surface area contributed by atoms with Crippen molar-refractivity contribution in [1.82, 2.24) is 0 Å². The normalized spacial score (nSPS) is 34.1. The van der Waals surface area contributed by atoms with Crippen molar-refractivity contribution in [3.05, 3.63) is 119 Å². The van der Waals surface area contributed by atoms with Crippen molar-refractivity contribution in [3.8, 4) is 0 Å². The van der Waals surface area contributed by atoms with Crippen molar-refractivity contribution in [1.29, 1.82) is 1.28 Å². The maximum atomic E-state index is 15.1. The maximum Gasteiger partial charge on any atom is 0.504 e. The Bertz CT molecular complexity index is 3110. The molecule has 0 spiro atoms. The smallest absolute Gasteiger partial charge is 0.374 e. The van der Waals surface area contributed by atoms with Crippen LogP contribution in [-0.2, 0) is 35.1 Å². The van der Waals surface area contributed by atoms with Gasteiger partial charge in [0.2, 0.25) is 11.5 Å². The van der Waals surface area contributed by atoms with E-state index >= 15 is 4.39 Å². The van der Waals surface area contributed by atoms with Crippen molar-refractivity contribution in [2.24, 2.45) is 82.6 Å². The molecule has 10 aliphatic carbocycles. The van der Waals surface area contributed by atoms with Gasteiger partial charge in [0.1, 0.15) is 12.2 Å². The first-order valence-electron chi connectivity index (χ1n) is 30.3. The number of benzene rings is 2. The summed E-state index contributed by atoms with van der Waals surface area (Å²) in [7, 11) is 0.178. The fourth-order valence-electron chi connectivity index (χ4n) is 15.2. The van der Waals surface area contributed by atoms with Crippen LogP contribution in [0.5, 0.6) is 0 Å². The van der Waals surface area contributed by atoms with E-state index < -0.39 is 172 Å². The average Bonchev–Trinajstić information content (AvgIpc) is 1.61. The minimum absolute atomic E-state index is 0.0379. The summed E-state index contributed by atoms with van der Waals surface area (Å²) in [6.07, 6.45) is 0.0903. The number of hydrogen-bond donors (Lipinski definition) is 1. The Morgan fingerprint density at radius 2 is 1.02 bits per heavy atom. The zero-order valence-corrected chi connectivity index (χ0v) is 51.6. The molecule has 524 valence electrons. The van der Waals surface area contributed by atoms with E-state index in [2.05, 4.69) is 64.1 Å². The third-order valence-corrected chi connectivity index (χ3v) is 23.5. The third-order valence-electron chi connectivity index (χ3n) is 19.4. The minimum Gasteiger partial charge on any atom is -0.374 e. The van der Waals surface area contributed by atoms with Crippen LogP contribution in [0.4, 0.5) is 110 Å². The van der Waals surface area contributed by atoms with Crippen LogP contribution in [-0.4, -0.2) is 105 Å². The van der Waals surface area contributed by atoms with Gasteiger partial charge in [-0.05, 0) is 125 Å². The maximum absolute atomic E-state index is 15.1. The second kappa shape index (κ2) is 27.4. The highest BCUT2D eigenvalue weighted by Gasteiger charge is 2.90. The molecule has 12 rings (SSSR count). The van der Waals surface area contributed by atoms with Crippen LogP contribution in [0.2, 0.25) is 11.8 Å². The first kappa shape index (κ1) is 74.4. The van der Waals surface area contributed by atoms with Crippen molar-refractivity contribution >= 4 is 31.9 Å². The molecule has 6 saturated carbocycles. The molecular formula is C59H63B2F25NO5PSi. The molecule has 0 aliphatic heterocycles. The Kier molecular flexibility index (Phi) is 21.7. The van der Waals surface area contributed by atoms with Gasteiger partial charge in [-0.15, -0.1) is 0 Å². The quantitative estimate of drug-likeness (QED) is 0.0377. The molecule has 94 heavy (non-hydrogen) atoms. The summed E-state index contributed by atoms with van der Waals surface area (Å²) in [6, 6.07) is 10.9. The SMILES string of the molecule is C1=CC2CC1CC2Cc1ccccc1.CCO[Si](OCC)(OCC)C1CC2C=CC1C2.FC(F)(F)C(F)(COC1(F)C2C3C=CC(C3)C2C1(F)F)OC(F)(F)C(F)(F)C(F)(F)F.Fc1c(F)c(F)c(C(F)(F)C2(F)C3C4C=CC(C4)C3C2(F)F)c(F)c1F.[3H]P(F)B(N)C[B]. The first-order chi connectivity index (χ1) is 43.9. The van der Waals surface area contributed by atoms with Crippen LogP contribution in [0, 0.1) is 106 Å². The highest BCUT2D eigenvalue weighted by molar-refractivity contribution is 7.72. The molecule has 6 fully saturated rings. The van der Waals surface area contributed by atoms with Crippen LogP contribution >= 0.6 is 8.72 Å². The molecule has 18 unspecified atom stereocenters. The number of hydrogen-bond acceptors (Lipinski definition) is 6. The molecule has 2 aromatic rings. The van der Waals surface area contributed by atoms with Crippen LogP contribution in [0.25, 0.3) is 0 Å². The number of fused-ring (bicyclic) bond motifs is 14. The van der Waals surface area contributed by atoms with E-state index in [0.29, 0.717) is 31.3 Å². The average molecular weight is 1420 g/mol. The number of ether oxygens (including phenoxy) is 2. The van der Waals surface area contributed by atoms with Crippen LogP contribution in [0.3, 0.4) is 0 Å². The van der Waals surface area contributed by atoms with Gasteiger partial charge in [-0.2, -0.15) is 65.9 Å². The first-order valence-corrected chi connectivity index (χ1v) is 32.6. The van der Waals surface area contributed by atoms with Crippen LogP contribution in [0.1, 0.15) is 70.4 Å². The highest BCUT2D eigenvalue weighted by Crippen LogP contribution is 2.76. The highest BCUT2D eigenvalue weighted by atomic mass is 31.1. The molecule has 10 aliphatic rings. The molecule has 18 atom stereocenters. The number of alkyl halides is 19. The van der Waals surface area contributed by atoms with E-state index in [1.54, 1.807) is 0 Å². The zero-order chi connectivity index (χ0) is 71.0. The molecular weight excluding hydrogens is 1360 g/mol. The van der Waals surface area contributed by atoms with Crippen molar-refractivity contribution in [2.45, 2.75) is 137 Å². The second-order valence-electron chi connectivity index (χ2n) is 24.7. The number of rotatable bonds is 19. The minimum atomic E-state index is -7.32. The Morgan fingerprint density at radius 3 is 1.43 bits per heavy atom. The molecule has 0 amide bonds. The predicted molar refractivity (Wildman–Crippen MR) is 295 cm³/mol. The molecule has 8 bridgehead atoms. The third kappa shape index (κ3) is 13.0. The van der Waals surface area contributed by atoms with Gasteiger partial charge >= 0.3 is 50.9 Å². The van der Waals surface area contributed by atoms with E-state index in [-0.39, 0.29) is 19.1 Å². The van der Waals surface area contributed by atoms with Gasteiger partial charge in [0.15, 0.2) is 23.3 Å². The number of allylic oxidation sites excluding steroid dienone is 8. The van der Waals surface area contributed by atoms with Crippen molar-refractivity contribution < 1.29 is 132 Å². The summed E-state index contributed by atoms with van der Waals surface area (Å²) in [5.74, 6) is -54.1. The molecule has 2 N–H and O–H groups in total. The lowest BCUT2D eigenvalue weighted by Crippen LogP contribution is -2.76. The van der Waals surface area contributed by atoms with E-state index in [4.69, 9.17) is 28.0 Å². The number of nitrogens with two attached hydrogens (primary N) is 1. The Labute approximate surface area is 529 Å². The van der Waals surface area contributed by atoms with Crippen molar-refractivity contribution in [3.63, 3.8) is 0 Å². The monoisotopic (exact) mass is 1420 g/mol. The second-order valence-corrected chi connectivity index (χ2v) is 28.4. The summed E-state index contributed by atoms with van der Waals surface area (Å²) >= 11 is 0. The Balaban J connectivity index is 0.000000162. The van der Waals surface area contributed by atoms with Gasteiger partial charge in [-0.1, -0.05) is 85.2 Å². The predicted octanol–water partition coefficient (Wildman–Crippen LogP) is 17.6. The van der Waals surface area contributed by atoms with E-state index in [0.717, 1.165) is 23.7 Å². The largest absolute Gasteiger partial charge is 0.504 e. The van der Waals surface area contributed by atoms with E-state index in [1.807, 2.05) is 20.8 Å². The molecule has 35 heteroatoms. The summed E-state index contributed by atoms with van der Waals surface area (Å²) in [6.45, 7) is 4.19. The standard InChI is InChI=1S/C16H8F10.C15H10F14O2.C14H16.C13H24O3Si.CH5B2FNP/c17-9-8(10(18)12(20)13(21)11(9)19)16(25,26)14(22)6-4-1-2-5(3-4)7(6)15(14,23)24;16-9(13(22,23)24,31-15(28,29)12(20,21)14(25,26)27)4-30-11(19)8-6-2-1-5(3-6)7(8)10(11,17)18;1-2-4-11(5-3-1)8-14-10-12-6-7-13(14)9-12;1-4-14-17(15-5-2,16-6-3)13-10-11-7-8-12(13)9-11;2-1-3(5)6-4/h1-2,4-7H,3H2;1-2,5-8H,3-4H2;1-7,12-14H,8-10H2;7-8,11-13H,4-6,9-10H2,1-3H3;6H,1,5H2/i;;;;6T. The van der Waals surface area contributed by atoms with Gasteiger partial charge in [0.25, 0.3) is 18.3 Å². The fourth-order valence-corrected chi connectivity index (χ4v) is 18.7. The van der Waals surface area contributed by atoms with E-state index in [1.165, 1.54) is 62.0 Å². The van der Waals surface area contributed by atoms with E-state index in [9.17, 15) is 105 Å². The van der Waals surface area contributed by atoms with Gasteiger partial charge in [0, 0.05) is 57.7 Å². The van der Waals surface area contributed by atoms with Crippen molar-refractivity contribution in [2.75, 3.05) is 26.4 Å². The van der Waals surface area contributed by atoms with Crippen LogP contribution < -0.4 is 5.64 Å². The molecule has 2 aromatic carbocycles. The molecule has 6 nitrogen and oxygen atoms in total. The lowest BCUT2D eigenvalue weighted by atomic mass is 9.52. The number of halogens is 25. The van der Waals surface area contributed by atoms with Crippen LogP contribution in [0.15, 0.2) is 78.9 Å². The summed E-state index contributed by atoms with van der Waals surface area (Å²) in [5.41, 5.74) is -0.691. The topological polar surface area (TPSA) is 72.2 Å². The van der Waals surface area contributed by atoms with Gasteiger partial charge in [-0.25, -0.2) is 43.7 Å². The fraction of sp³-hybridized carbons (Fsp3) is 0.661. The molecule has 0 saturated heterocycles. The lowest BCUT2D eigenvalue weighted by molar-refractivity contribution is -0.496. The molecule has 0 aromatic heterocycles.